The number of hydrogen-bond acceptors (Lipinski definition) is 3. The second kappa shape index (κ2) is 5.40. The Bertz CT molecular complexity index is 779. The number of rotatable bonds is 4. The van der Waals surface area contributed by atoms with Crippen molar-refractivity contribution >= 4 is 16.6 Å². The van der Waals surface area contributed by atoms with Crippen LogP contribution in [0.15, 0.2) is 48.7 Å². The van der Waals surface area contributed by atoms with Gasteiger partial charge < -0.3 is 4.74 Å². The van der Waals surface area contributed by atoms with Crippen molar-refractivity contribution in [2.45, 2.75) is 13.5 Å². The molecule has 0 atom stereocenters. The second-order valence-electron chi connectivity index (χ2n) is 4.73. The van der Waals surface area contributed by atoms with Gasteiger partial charge in [-0.2, -0.15) is 5.10 Å². The number of nitrogens with zero attached hydrogens (tertiary/aromatic N) is 2. The van der Waals surface area contributed by atoms with Gasteiger partial charge in [0.15, 0.2) is 11.4 Å². The van der Waals surface area contributed by atoms with E-state index in [9.17, 15) is 4.79 Å². The summed E-state index contributed by atoms with van der Waals surface area (Å²) in [5, 5.41) is 6.19. The van der Waals surface area contributed by atoms with Crippen LogP contribution in [0.1, 0.15) is 23.0 Å². The highest BCUT2D eigenvalue weighted by molar-refractivity contribution is 6.16. The molecule has 106 valence electrons. The molecule has 1 heterocycles. The first-order valence-electron chi connectivity index (χ1n) is 6.88. The van der Waals surface area contributed by atoms with E-state index in [-0.39, 0.29) is 5.78 Å². The number of fused-ring (bicyclic) bond motifs is 1. The van der Waals surface area contributed by atoms with E-state index in [1.165, 1.54) is 0 Å². The molecule has 3 rings (SSSR count). The highest BCUT2D eigenvalue weighted by Crippen LogP contribution is 2.25. The minimum Gasteiger partial charge on any atom is -0.493 e. The average molecular weight is 280 g/mol. The molecule has 0 fully saturated rings. The number of aromatic nitrogens is 2. The predicted molar refractivity (Wildman–Crippen MR) is 81.8 cm³/mol. The van der Waals surface area contributed by atoms with E-state index in [0.717, 1.165) is 10.8 Å². The van der Waals surface area contributed by atoms with Crippen molar-refractivity contribution in [2.75, 3.05) is 7.11 Å². The van der Waals surface area contributed by atoms with Crippen LogP contribution in [0.2, 0.25) is 0 Å². The Labute approximate surface area is 123 Å². The van der Waals surface area contributed by atoms with Crippen molar-refractivity contribution in [3.05, 3.63) is 59.9 Å². The van der Waals surface area contributed by atoms with Gasteiger partial charge >= 0.3 is 0 Å². The van der Waals surface area contributed by atoms with Crippen LogP contribution in [0, 0.1) is 0 Å². The Morgan fingerprint density at radius 1 is 1.19 bits per heavy atom. The van der Waals surface area contributed by atoms with E-state index in [1.54, 1.807) is 18.0 Å². The molecule has 0 amide bonds. The molecular weight excluding hydrogens is 264 g/mol. The van der Waals surface area contributed by atoms with Gasteiger partial charge in [-0.15, -0.1) is 0 Å². The maximum Gasteiger partial charge on any atom is 0.215 e. The number of carbonyl (C=O) groups excluding carboxylic acids is 1. The molecule has 4 nitrogen and oxygen atoms in total. The normalized spacial score (nSPS) is 10.8. The Morgan fingerprint density at radius 3 is 2.71 bits per heavy atom. The molecule has 3 aromatic rings. The molecule has 1 aromatic heterocycles. The summed E-state index contributed by atoms with van der Waals surface area (Å²) >= 11 is 0. The molecule has 0 radical (unpaired) electrons. The van der Waals surface area contributed by atoms with Crippen LogP contribution in [0.25, 0.3) is 10.8 Å². The number of carbonyl (C=O) groups is 1. The molecule has 21 heavy (non-hydrogen) atoms. The van der Waals surface area contributed by atoms with Gasteiger partial charge in [-0.05, 0) is 17.7 Å². The van der Waals surface area contributed by atoms with E-state index >= 15 is 0 Å². The summed E-state index contributed by atoms with van der Waals surface area (Å²) < 4.78 is 6.95. The quantitative estimate of drug-likeness (QED) is 0.689. The Balaban J connectivity index is 2.20. The number of hydrogen-bond donors (Lipinski definition) is 0. The molecule has 0 saturated carbocycles. The fourth-order valence-corrected chi connectivity index (χ4v) is 2.54. The molecule has 0 N–H and O–H groups in total. The first-order chi connectivity index (χ1) is 10.3. The zero-order chi connectivity index (χ0) is 14.8. The lowest BCUT2D eigenvalue weighted by molar-refractivity contribution is 0.102. The van der Waals surface area contributed by atoms with E-state index in [0.29, 0.717) is 23.6 Å². The van der Waals surface area contributed by atoms with Crippen molar-refractivity contribution in [2.24, 2.45) is 0 Å². The molecule has 0 aliphatic rings. The highest BCUT2D eigenvalue weighted by Gasteiger charge is 2.21. The van der Waals surface area contributed by atoms with Crippen LogP contribution < -0.4 is 4.74 Å². The minimum atomic E-state index is -0.0667. The van der Waals surface area contributed by atoms with Crippen LogP contribution in [-0.2, 0) is 6.54 Å². The number of aryl methyl sites for hydroxylation is 1. The van der Waals surface area contributed by atoms with Crippen LogP contribution in [0.3, 0.4) is 0 Å². The summed E-state index contributed by atoms with van der Waals surface area (Å²) in [7, 11) is 1.55. The zero-order valence-corrected chi connectivity index (χ0v) is 12.0. The topological polar surface area (TPSA) is 44.1 Å². The molecule has 2 aromatic carbocycles. The summed E-state index contributed by atoms with van der Waals surface area (Å²) in [4.78, 5) is 12.9. The van der Waals surface area contributed by atoms with Gasteiger partial charge in [0.25, 0.3) is 0 Å². The molecule has 0 saturated heterocycles. The van der Waals surface area contributed by atoms with Gasteiger partial charge in [0.05, 0.1) is 13.3 Å². The minimum absolute atomic E-state index is 0.0667. The van der Waals surface area contributed by atoms with E-state index < -0.39 is 0 Å². The van der Waals surface area contributed by atoms with Crippen LogP contribution in [0.5, 0.6) is 5.75 Å². The Kier molecular flexibility index (Phi) is 3.44. The lowest BCUT2D eigenvalue weighted by Crippen LogP contribution is -2.12. The molecule has 0 aliphatic carbocycles. The fourth-order valence-electron chi connectivity index (χ4n) is 2.54. The van der Waals surface area contributed by atoms with Crippen molar-refractivity contribution in [3.8, 4) is 5.75 Å². The van der Waals surface area contributed by atoms with E-state index in [4.69, 9.17) is 4.74 Å². The predicted octanol–water partition coefficient (Wildman–Crippen LogP) is 3.30. The molecule has 0 spiro atoms. The fraction of sp³-hybridized carbons (Fsp3) is 0.176. The SMILES string of the molecule is CCn1ncc(OC)c1C(=O)c1cccc2ccccc12. The maximum atomic E-state index is 12.9. The van der Waals surface area contributed by atoms with E-state index in [1.807, 2.05) is 49.4 Å². The van der Waals surface area contributed by atoms with Gasteiger partial charge in [0.1, 0.15) is 0 Å². The number of benzene rings is 2. The Morgan fingerprint density at radius 2 is 1.95 bits per heavy atom. The number of ether oxygens (including phenoxy) is 1. The van der Waals surface area contributed by atoms with Gasteiger partial charge in [0.2, 0.25) is 5.78 Å². The lowest BCUT2D eigenvalue weighted by atomic mass is 9.99. The molecule has 0 bridgehead atoms. The third kappa shape index (κ3) is 2.18. The van der Waals surface area contributed by atoms with Gasteiger partial charge in [-0.1, -0.05) is 42.5 Å². The van der Waals surface area contributed by atoms with Crippen LogP contribution >= 0.6 is 0 Å². The largest absolute Gasteiger partial charge is 0.493 e. The van der Waals surface area contributed by atoms with Gasteiger partial charge in [0, 0.05) is 12.1 Å². The number of ketones is 1. The average Bonchev–Trinajstić information content (AvgIpc) is 2.96. The number of methoxy groups -OCH3 is 1. The molecule has 0 unspecified atom stereocenters. The summed E-state index contributed by atoms with van der Waals surface area (Å²) in [6.45, 7) is 2.57. The van der Waals surface area contributed by atoms with Crippen molar-refractivity contribution in [1.82, 2.24) is 9.78 Å². The summed E-state index contributed by atoms with van der Waals surface area (Å²) in [5.74, 6) is 0.442. The third-order valence-corrected chi connectivity index (χ3v) is 3.57. The first kappa shape index (κ1) is 13.4. The van der Waals surface area contributed by atoms with Crippen LogP contribution in [0.4, 0.5) is 0 Å². The van der Waals surface area contributed by atoms with Gasteiger partial charge in [-0.25, -0.2) is 0 Å². The molecule has 0 aliphatic heterocycles. The summed E-state index contributed by atoms with van der Waals surface area (Å²) in [5.41, 5.74) is 1.16. The van der Waals surface area contributed by atoms with Crippen LogP contribution in [-0.4, -0.2) is 22.7 Å². The summed E-state index contributed by atoms with van der Waals surface area (Å²) in [6, 6.07) is 13.6. The van der Waals surface area contributed by atoms with Crippen molar-refractivity contribution < 1.29 is 9.53 Å². The maximum absolute atomic E-state index is 12.9. The monoisotopic (exact) mass is 280 g/mol. The standard InChI is InChI=1S/C17H16N2O2/c1-3-19-16(15(21-2)11-18-19)17(20)14-10-6-8-12-7-4-5-9-13(12)14/h4-11H,3H2,1-2H3. The second-order valence-corrected chi connectivity index (χ2v) is 4.73. The highest BCUT2D eigenvalue weighted by atomic mass is 16.5. The molecular formula is C17H16N2O2. The van der Waals surface area contributed by atoms with Crippen molar-refractivity contribution in [1.29, 1.82) is 0 Å². The van der Waals surface area contributed by atoms with Crippen molar-refractivity contribution in [3.63, 3.8) is 0 Å². The Hall–Kier alpha value is -2.62. The first-order valence-corrected chi connectivity index (χ1v) is 6.88. The third-order valence-electron chi connectivity index (χ3n) is 3.57. The lowest BCUT2D eigenvalue weighted by Gasteiger charge is -2.09. The summed E-state index contributed by atoms with van der Waals surface area (Å²) in [6.07, 6.45) is 1.59. The molecule has 4 heteroatoms. The smallest absolute Gasteiger partial charge is 0.215 e. The zero-order valence-electron chi connectivity index (χ0n) is 12.0. The van der Waals surface area contributed by atoms with E-state index in [2.05, 4.69) is 5.10 Å². The van der Waals surface area contributed by atoms with Gasteiger partial charge in [-0.3, -0.25) is 9.48 Å².